The number of nitriles is 1. The van der Waals surface area contributed by atoms with Gasteiger partial charge in [-0.2, -0.15) is 5.26 Å². The van der Waals surface area contributed by atoms with Crippen LogP contribution in [-0.2, 0) is 6.42 Å². The van der Waals surface area contributed by atoms with E-state index in [1.54, 1.807) is 18.2 Å². The number of amides is 1. The fraction of sp³-hybridized carbons (Fsp3) is 0.269. The Morgan fingerprint density at radius 2 is 2.06 bits per heavy atom. The van der Waals surface area contributed by atoms with Crippen molar-refractivity contribution in [1.29, 1.82) is 5.26 Å². The molecule has 1 aliphatic heterocycles. The zero-order valence-electron chi connectivity index (χ0n) is 18.2. The number of nitrogens with zero attached hydrogens (tertiary/aromatic N) is 3. The third kappa shape index (κ3) is 4.27. The van der Waals surface area contributed by atoms with Crippen molar-refractivity contribution in [2.24, 2.45) is 0 Å². The van der Waals surface area contributed by atoms with Crippen LogP contribution in [0.25, 0.3) is 21.4 Å². The molecule has 5 rings (SSSR count). The van der Waals surface area contributed by atoms with Gasteiger partial charge >= 0.3 is 0 Å². The Hall–Kier alpha value is -3.50. The van der Waals surface area contributed by atoms with Crippen molar-refractivity contribution in [1.82, 2.24) is 9.88 Å². The molecule has 1 saturated heterocycles. The number of fused-ring (bicyclic) bond motifs is 1. The van der Waals surface area contributed by atoms with Gasteiger partial charge in [0.25, 0.3) is 5.91 Å². The highest BCUT2D eigenvalue weighted by atomic mass is 32.1. The van der Waals surface area contributed by atoms with Crippen LogP contribution < -0.4 is 0 Å². The summed E-state index contributed by atoms with van der Waals surface area (Å²) in [5.41, 5.74) is 2.56. The summed E-state index contributed by atoms with van der Waals surface area (Å²) in [6.07, 6.45) is 3.50. The second-order valence-electron chi connectivity index (χ2n) is 8.35. The Morgan fingerprint density at radius 1 is 1.24 bits per heavy atom. The zero-order valence-corrected chi connectivity index (χ0v) is 19.0. The highest BCUT2D eigenvalue weighted by Crippen LogP contribution is 2.33. The lowest BCUT2D eigenvalue weighted by Gasteiger charge is -2.35. The summed E-state index contributed by atoms with van der Waals surface area (Å²) in [5, 5.41) is 10.8. The molecule has 33 heavy (non-hydrogen) atoms. The minimum atomic E-state index is -0.309. The van der Waals surface area contributed by atoms with E-state index in [0.29, 0.717) is 24.2 Å². The summed E-state index contributed by atoms with van der Waals surface area (Å²) in [6, 6.07) is 15.7. The van der Waals surface area contributed by atoms with Crippen molar-refractivity contribution in [3.05, 3.63) is 76.4 Å². The zero-order chi connectivity index (χ0) is 22.9. The van der Waals surface area contributed by atoms with Gasteiger partial charge in [-0.3, -0.25) is 4.79 Å². The van der Waals surface area contributed by atoms with Crippen LogP contribution >= 0.6 is 11.3 Å². The van der Waals surface area contributed by atoms with Crippen LogP contribution in [0.2, 0.25) is 0 Å². The molecular formula is C26H22FN3O2S. The van der Waals surface area contributed by atoms with E-state index in [-0.39, 0.29) is 17.8 Å². The van der Waals surface area contributed by atoms with Crippen LogP contribution in [0.3, 0.4) is 0 Å². The Bertz CT molecular complexity index is 1370. The van der Waals surface area contributed by atoms with Crippen molar-refractivity contribution in [3.8, 4) is 16.5 Å². The predicted molar refractivity (Wildman–Crippen MR) is 126 cm³/mol. The summed E-state index contributed by atoms with van der Waals surface area (Å²) >= 11 is 1.45. The number of carbonyl (C=O) groups excluding carboxylic acids is 1. The highest BCUT2D eigenvalue weighted by Gasteiger charge is 2.31. The van der Waals surface area contributed by atoms with Crippen LogP contribution in [0.4, 0.5) is 4.39 Å². The van der Waals surface area contributed by atoms with Crippen LogP contribution in [-0.4, -0.2) is 28.4 Å². The molecule has 0 saturated carbocycles. The first-order valence-electron chi connectivity index (χ1n) is 11.0. The maximum absolute atomic E-state index is 13.7. The summed E-state index contributed by atoms with van der Waals surface area (Å²) in [7, 11) is 0. The van der Waals surface area contributed by atoms with E-state index in [0.717, 1.165) is 51.4 Å². The Labute approximate surface area is 195 Å². The van der Waals surface area contributed by atoms with Gasteiger partial charge in [0.15, 0.2) is 0 Å². The van der Waals surface area contributed by atoms with E-state index in [1.807, 2.05) is 30.0 Å². The third-order valence-corrected chi connectivity index (χ3v) is 7.08. The van der Waals surface area contributed by atoms with E-state index < -0.39 is 0 Å². The first-order valence-corrected chi connectivity index (χ1v) is 11.8. The number of carbonyl (C=O) groups is 1. The lowest BCUT2D eigenvalue weighted by molar-refractivity contribution is 0.0603. The van der Waals surface area contributed by atoms with Gasteiger partial charge in [-0.25, -0.2) is 9.37 Å². The first kappa shape index (κ1) is 21.4. The smallest absolute Gasteiger partial charge is 0.274 e. The largest absolute Gasteiger partial charge is 0.461 e. The number of furan rings is 1. The molecule has 1 fully saturated rings. The summed E-state index contributed by atoms with van der Waals surface area (Å²) in [6.45, 7) is 2.55. The van der Waals surface area contributed by atoms with Gasteiger partial charge in [-0.1, -0.05) is 12.1 Å². The van der Waals surface area contributed by atoms with Gasteiger partial charge in [0, 0.05) is 24.4 Å². The number of thiazole rings is 1. The average Bonchev–Trinajstić information content (AvgIpc) is 3.41. The molecular weight excluding hydrogens is 437 g/mol. The third-order valence-electron chi connectivity index (χ3n) is 6.06. The summed E-state index contributed by atoms with van der Waals surface area (Å²) in [5.74, 6) is 0.404. The van der Waals surface area contributed by atoms with Crippen molar-refractivity contribution in [3.63, 3.8) is 0 Å². The van der Waals surface area contributed by atoms with Crippen LogP contribution in [0, 0.1) is 24.1 Å². The van der Waals surface area contributed by atoms with Gasteiger partial charge in [0.2, 0.25) is 0 Å². The van der Waals surface area contributed by atoms with Gasteiger partial charge in [0.05, 0.1) is 21.5 Å². The van der Waals surface area contributed by atoms with Crippen LogP contribution in [0.15, 0.2) is 52.9 Å². The standard InChI is InChI=1S/C26H22FN3O2S/c1-16-29-24(25(33-16)18-6-8-20(27)9-7-18)26(31)30-11-3-2-4-21(30)14-22-13-19-12-17(15-28)5-10-23(19)32-22/h5-10,12-13,21H,2-4,11,14H2,1H3/t21-/m0/s1. The summed E-state index contributed by atoms with van der Waals surface area (Å²) < 4.78 is 19.4. The quantitative estimate of drug-likeness (QED) is 0.369. The Morgan fingerprint density at radius 3 is 2.85 bits per heavy atom. The molecule has 0 N–H and O–H groups in total. The molecule has 1 atom stereocenters. The summed E-state index contributed by atoms with van der Waals surface area (Å²) in [4.78, 5) is 20.9. The first-order chi connectivity index (χ1) is 16.0. The van der Waals surface area contributed by atoms with Gasteiger partial charge in [-0.15, -0.1) is 11.3 Å². The molecule has 1 amide bonds. The molecule has 2 aromatic carbocycles. The minimum Gasteiger partial charge on any atom is -0.461 e. The Kier molecular flexibility index (Phi) is 5.69. The molecule has 7 heteroatoms. The number of hydrogen-bond acceptors (Lipinski definition) is 5. The fourth-order valence-corrected chi connectivity index (χ4v) is 5.40. The predicted octanol–water partition coefficient (Wildman–Crippen LogP) is 6.11. The molecule has 0 unspecified atom stereocenters. The second-order valence-corrected chi connectivity index (χ2v) is 9.55. The lowest BCUT2D eigenvalue weighted by atomic mass is 9.97. The van der Waals surface area contributed by atoms with Crippen molar-refractivity contribution in [2.45, 2.75) is 38.6 Å². The van der Waals surface area contributed by atoms with E-state index in [4.69, 9.17) is 9.68 Å². The minimum absolute atomic E-state index is 0.00493. The van der Waals surface area contributed by atoms with Gasteiger partial charge < -0.3 is 9.32 Å². The number of benzene rings is 2. The SMILES string of the molecule is Cc1nc(C(=O)N2CCCC[C@H]2Cc2cc3cc(C#N)ccc3o2)c(-c2ccc(F)cc2)s1. The number of likely N-dealkylation sites (tertiary alicyclic amines) is 1. The number of aryl methyl sites for hydroxylation is 1. The van der Waals surface area contributed by atoms with Crippen LogP contribution in [0.1, 0.15) is 46.1 Å². The van der Waals surface area contributed by atoms with Crippen molar-refractivity contribution in [2.75, 3.05) is 6.54 Å². The number of hydrogen-bond donors (Lipinski definition) is 0. The molecule has 0 radical (unpaired) electrons. The van der Waals surface area contributed by atoms with Crippen molar-refractivity contribution >= 4 is 28.2 Å². The topological polar surface area (TPSA) is 70.1 Å². The molecule has 0 spiro atoms. The molecule has 0 bridgehead atoms. The van der Waals surface area contributed by atoms with E-state index in [1.165, 1.54) is 23.5 Å². The second kappa shape index (κ2) is 8.80. The molecule has 3 heterocycles. The molecule has 166 valence electrons. The van der Waals surface area contributed by atoms with Crippen LogP contribution in [0.5, 0.6) is 0 Å². The molecule has 2 aromatic heterocycles. The monoisotopic (exact) mass is 459 g/mol. The Balaban J connectivity index is 1.43. The van der Waals surface area contributed by atoms with Gasteiger partial charge in [-0.05, 0) is 68.1 Å². The van der Waals surface area contributed by atoms with Gasteiger partial charge in [0.1, 0.15) is 22.9 Å². The fourth-order valence-electron chi connectivity index (χ4n) is 4.49. The van der Waals surface area contributed by atoms with E-state index >= 15 is 0 Å². The molecule has 1 aliphatic rings. The van der Waals surface area contributed by atoms with Crippen molar-refractivity contribution < 1.29 is 13.6 Å². The number of piperidine rings is 1. The number of rotatable bonds is 4. The normalized spacial score (nSPS) is 16.2. The lowest BCUT2D eigenvalue weighted by Crippen LogP contribution is -2.45. The van der Waals surface area contributed by atoms with E-state index in [2.05, 4.69) is 11.1 Å². The highest BCUT2D eigenvalue weighted by molar-refractivity contribution is 7.15. The maximum Gasteiger partial charge on any atom is 0.274 e. The number of aromatic nitrogens is 1. The number of halogens is 1. The average molecular weight is 460 g/mol. The molecule has 0 aliphatic carbocycles. The maximum atomic E-state index is 13.7. The molecule has 4 aromatic rings. The van der Waals surface area contributed by atoms with E-state index in [9.17, 15) is 9.18 Å². The molecule has 5 nitrogen and oxygen atoms in total.